The van der Waals surface area contributed by atoms with Crippen molar-refractivity contribution >= 4 is 21.8 Å². The largest absolute Gasteiger partial charge is 0.407 e. The molecule has 29 heavy (non-hydrogen) atoms. The van der Waals surface area contributed by atoms with Gasteiger partial charge in [-0.25, -0.2) is 8.42 Å². The molecule has 7 nitrogen and oxygen atoms in total. The van der Waals surface area contributed by atoms with Crippen LogP contribution in [0, 0.1) is 0 Å². The molecule has 3 rings (SSSR count). The standard InChI is InChI=1S/C21H23N3O4S/c1-14(2)17-8-4-16(5-9-17)13-20-23-24-21(28-20)22-19(25)12-15-6-10-18(11-7-15)29(3,26)27/h4-11,14H,12-13H2,1-3H3,(H,22,24,25). The maximum atomic E-state index is 12.2. The molecule has 0 saturated carbocycles. The summed E-state index contributed by atoms with van der Waals surface area (Å²) in [5.41, 5.74) is 2.98. The molecule has 0 radical (unpaired) electrons. The number of carbonyl (C=O) groups excluding carboxylic acids is 1. The van der Waals surface area contributed by atoms with E-state index in [4.69, 9.17) is 4.42 Å². The van der Waals surface area contributed by atoms with Crippen LogP contribution in [-0.2, 0) is 27.5 Å². The molecule has 0 aliphatic carbocycles. The zero-order chi connectivity index (χ0) is 21.0. The first kappa shape index (κ1) is 20.7. The van der Waals surface area contributed by atoms with Crippen molar-refractivity contribution < 1.29 is 17.6 Å². The van der Waals surface area contributed by atoms with Gasteiger partial charge in [-0.1, -0.05) is 55.3 Å². The van der Waals surface area contributed by atoms with Gasteiger partial charge in [-0.15, -0.1) is 5.10 Å². The Bertz CT molecular complexity index is 1090. The fourth-order valence-corrected chi connectivity index (χ4v) is 3.40. The average Bonchev–Trinajstić information content (AvgIpc) is 3.08. The van der Waals surface area contributed by atoms with E-state index in [1.807, 2.05) is 12.1 Å². The van der Waals surface area contributed by atoms with Gasteiger partial charge in [0.1, 0.15) is 0 Å². The van der Waals surface area contributed by atoms with Crippen molar-refractivity contribution in [2.24, 2.45) is 0 Å². The van der Waals surface area contributed by atoms with Gasteiger partial charge in [-0.2, -0.15) is 0 Å². The second-order valence-corrected chi connectivity index (χ2v) is 9.23. The van der Waals surface area contributed by atoms with Crippen molar-refractivity contribution in [1.29, 1.82) is 0 Å². The van der Waals surface area contributed by atoms with E-state index in [2.05, 4.69) is 41.5 Å². The summed E-state index contributed by atoms with van der Waals surface area (Å²) >= 11 is 0. The van der Waals surface area contributed by atoms with Gasteiger partial charge in [0.15, 0.2) is 9.84 Å². The molecule has 0 atom stereocenters. The second kappa shape index (κ2) is 8.57. The molecule has 0 bridgehead atoms. The summed E-state index contributed by atoms with van der Waals surface area (Å²) in [6.45, 7) is 4.28. The van der Waals surface area contributed by atoms with Crippen molar-refractivity contribution in [3.05, 3.63) is 71.1 Å². The molecule has 1 heterocycles. The first-order valence-electron chi connectivity index (χ1n) is 9.21. The molecule has 152 valence electrons. The van der Waals surface area contributed by atoms with Gasteiger partial charge < -0.3 is 4.42 Å². The highest BCUT2D eigenvalue weighted by atomic mass is 32.2. The second-order valence-electron chi connectivity index (χ2n) is 7.22. The molecule has 0 spiro atoms. The Labute approximate surface area is 170 Å². The molecule has 0 aliphatic heterocycles. The summed E-state index contributed by atoms with van der Waals surface area (Å²) in [4.78, 5) is 12.4. The fourth-order valence-electron chi connectivity index (χ4n) is 2.77. The van der Waals surface area contributed by atoms with E-state index < -0.39 is 9.84 Å². The number of hydrogen-bond acceptors (Lipinski definition) is 6. The maximum absolute atomic E-state index is 12.2. The normalized spacial score (nSPS) is 11.6. The van der Waals surface area contributed by atoms with Crippen LogP contribution >= 0.6 is 0 Å². The predicted octanol–water partition coefficient (Wildman–Crippen LogP) is 3.37. The fraction of sp³-hybridized carbons (Fsp3) is 0.286. The summed E-state index contributed by atoms with van der Waals surface area (Å²) in [5.74, 6) is 0.556. The summed E-state index contributed by atoms with van der Waals surface area (Å²) in [6, 6.07) is 14.4. The van der Waals surface area contributed by atoms with Crippen LogP contribution in [0.2, 0.25) is 0 Å². The number of anilines is 1. The Balaban J connectivity index is 1.57. The molecule has 0 fully saturated rings. The lowest BCUT2D eigenvalue weighted by Crippen LogP contribution is -2.14. The highest BCUT2D eigenvalue weighted by Crippen LogP contribution is 2.17. The Morgan fingerprint density at radius 2 is 1.62 bits per heavy atom. The predicted molar refractivity (Wildman–Crippen MR) is 110 cm³/mol. The minimum absolute atomic E-state index is 0.0385. The summed E-state index contributed by atoms with van der Waals surface area (Å²) < 4.78 is 28.5. The minimum Gasteiger partial charge on any atom is -0.407 e. The van der Waals surface area contributed by atoms with Gasteiger partial charge >= 0.3 is 6.01 Å². The molecule has 1 aromatic heterocycles. The van der Waals surface area contributed by atoms with Gasteiger partial charge in [-0.3, -0.25) is 10.1 Å². The van der Waals surface area contributed by atoms with Gasteiger partial charge in [0, 0.05) is 6.26 Å². The molecular formula is C21H23N3O4S. The van der Waals surface area contributed by atoms with E-state index in [-0.39, 0.29) is 23.2 Å². The topological polar surface area (TPSA) is 102 Å². The Morgan fingerprint density at radius 3 is 2.21 bits per heavy atom. The smallest absolute Gasteiger partial charge is 0.322 e. The molecule has 1 amide bonds. The van der Waals surface area contributed by atoms with Crippen molar-refractivity contribution in [2.75, 3.05) is 11.6 Å². The molecule has 0 saturated heterocycles. The molecule has 2 aromatic carbocycles. The van der Waals surface area contributed by atoms with Crippen molar-refractivity contribution in [3.8, 4) is 0 Å². The third-order valence-electron chi connectivity index (χ3n) is 4.43. The van der Waals surface area contributed by atoms with E-state index in [1.54, 1.807) is 12.1 Å². The van der Waals surface area contributed by atoms with E-state index in [1.165, 1.54) is 17.7 Å². The zero-order valence-electron chi connectivity index (χ0n) is 16.5. The third-order valence-corrected chi connectivity index (χ3v) is 5.56. The number of nitrogens with one attached hydrogen (secondary N) is 1. The van der Waals surface area contributed by atoms with Crippen molar-refractivity contribution in [1.82, 2.24) is 10.2 Å². The number of rotatable bonds is 7. The molecule has 0 unspecified atom stereocenters. The molecular weight excluding hydrogens is 390 g/mol. The first-order valence-corrected chi connectivity index (χ1v) is 11.1. The van der Waals surface area contributed by atoms with Gasteiger partial charge in [-0.05, 0) is 34.7 Å². The van der Waals surface area contributed by atoms with Crippen LogP contribution in [0.5, 0.6) is 0 Å². The number of hydrogen-bond donors (Lipinski definition) is 1. The lowest BCUT2D eigenvalue weighted by Gasteiger charge is -2.05. The lowest BCUT2D eigenvalue weighted by atomic mass is 10.0. The van der Waals surface area contributed by atoms with E-state index in [0.717, 1.165) is 11.8 Å². The summed E-state index contributed by atoms with van der Waals surface area (Å²) in [5, 5.41) is 10.4. The van der Waals surface area contributed by atoms with Crippen molar-refractivity contribution in [3.63, 3.8) is 0 Å². The molecule has 3 aromatic rings. The van der Waals surface area contributed by atoms with Gasteiger partial charge in [0.2, 0.25) is 11.8 Å². The number of benzene rings is 2. The number of sulfone groups is 1. The van der Waals surface area contributed by atoms with Crippen LogP contribution in [0.3, 0.4) is 0 Å². The summed E-state index contributed by atoms with van der Waals surface area (Å²) in [6.07, 6.45) is 1.69. The SMILES string of the molecule is CC(C)c1ccc(Cc2nnc(NC(=O)Cc3ccc(S(C)(=O)=O)cc3)o2)cc1. The van der Waals surface area contributed by atoms with Gasteiger partial charge in [0.05, 0.1) is 17.7 Å². The quantitative estimate of drug-likeness (QED) is 0.637. The Hall–Kier alpha value is -3.00. The van der Waals surface area contributed by atoms with Crippen LogP contribution in [-0.4, -0.2) is 30.8 Å². The molecule has 1 N–H and O–H groups in total. The van der Waals surface area contributed by atoms with E-state index in [9.17, 15) is 13.2 Å². The van der Waals surface area contributed by atoms with Crippen LogP contribution in [0.4, 0.5) is 6.01 Å². The monoisotopic (exact) mass is 413 g/mol. The van der Waals surface area contributed by atoms with E-state index in [0.29, 0.717) is 23.8 Å². The molecule has 0 aliphatic rings. The highest BCUT2D eigenvalue weighted by Gasteiger charge is 2.12. The zero-order valence-corrected chi connectivity index (χ0v) is 17.4. The average molecular weight is 413 g/mol. The van der Waals surface area contributed by atoms with Crippen LogP contribution in [0.15, 0.2) is 57.8 Å². The van der Waals surface area contributed by atoms with Crippen LogP contribution < -0.4 is 5.32 Å². The Morgan fingerprint density at radius 1 is 1.00 bits per heavy atom. The lowest BCUT2D eigenvalue weighted by molar-refractivity contribution is -0.115. The number of amides is 1. The number of aromatic nitrogens is 2. The molecule has 8 heteroatoms. The maximum Gasteiger partial charge on any atom is 0.322 e. The Kier molecular flexibility index (Phi) is 6.12. The van der Waals surface area contributed by atoms with E-state index >= 15 is 0 Å². The van der Waals surface area contributed by atoms with Gasteiger partial charge in [0.25, 0.3) is 0 Å². The minimum atomic E-state index is -3.26. The number of nitrogens with zero attached hydrogens (tertiary/aromatic N) is 2. The van der Waals surface area contributed by atoms with Crippen LogP contribution in [0.25, 0.3) is 0 Å². The van der Waals surface area contributed by atoms with Crippen LogP contribution in [0.1, 0.15) is 42.3 Å². The first-order chi connectivity index (χ1) is 13.7. The highest BCUT2D eigenvalue weighted by molar-refractivity contribution is 7.90. The van der Waals surface area contributed by atoms with Crippen molar-refractivity contribution in [2.45, 2.75) is 37.5 Å². The third kappa shape index (κ3) is 5.74. The number of carbonyl (C=O) groups is 1. The summed E-state index contributed by atoms with van der Waals surface area (Å²) in [7, 11) is -3.26.